The zero-order chi connectivity index (χ0) is 16.9. The van der Waals surface area contributed by atoms with E-state index in [1.165, 1.54) is 0 Å². The number of benzene rings is 2. The molecule has 0 bridgehead atoms. The highest BCUT2D eigenvalue weighted by atomic mass is 16.5. The van der Waals surface area contributed by atoms with Gasteiger partial charge in [-0.15, -0.1) is 0 Å². The smallest absolute Gasteiger partial charge is 0.268 e. The van der Waals surface area contributed by atoms with Gasteiger partial charge in [-0.1, -0.05) is 18.2 Å². The fourth-order valence-corrected chi connectivity index (χ4v) is 2.61. The number of amides is 1. The first-order valence-corrected chi connectivity index (χ1v) is 7.78. The van der Waals surface area contributed by atoms with Crippen LogP contribution in [0.3, 0.4) is 0 Å². The molecular formula is C19H20N2O3. The first-order valence-electron chi connectivity index (χ1n) is 7.78. The fraction of sp³-hybridized carbons (Fsp3) is 0.211. The molecule has 0 radical (unpaired) electrons. The standard InChI is InChI=1S/C19H20N2O3/c1-21-17-9-8-16(23-2)12-14(17)13-18(21)19(22)20-10-11-24-15-6-4-3-5-7-15/h3-9,12-13H,10-11H2,1-2H3,(H,20,22). The Balaban J connectivity index is 1.62. The van der Waals surface area contributed by atoms with E-state index >= 15 is 0 Å². The molecule has 5 heteroatoms. The second-order valence-corrected chi connectivity index (χ2v) is 5.43. The van der Waals surface area contributed by atoms with E-state index in [4.69, 9.17) is 9.47 Å². The Kier molecular flexibility index (Phi) is 4.70. The van der Waals surface area contributed by atoms with Crippen LogP contribution >= 0.6 is 0 Å². The van der Waals surface area contributed by atoms with Crippen LogP contribution in [0, 0.1) is 0 Å². The monoisotopic (exact) mass is 324 g/mol. The van der Waals surface area contributed by atoms with Crippen LogP contribution in [0.1, 0.15) is 10.5 Å². The molecule has 24 heavy (non-hydrogen) atoms. The lowest BCUT2D eigenvalue weighted by molar-refractivity contribution is 0.0939. The van der Waals surface area contributed by atoms with Crippen molar-refractivity contribution in [2.75, 3.05) is 20.3 Å². The summed E-state index contributed by atoms with van der Waals surface area (Å²) < 4.78 is 12.7. The maximum absolute atomic E-state index is 12.4. The van der Waals surface area contributed by atoms with Gasteiger partial charge in [0.1, 0.15) is 23.8 Å². The quantitative estimate of drug-likeness (QED) is 0.709. The van der Waals surface area contributed by atoms with E-state index in [0.29, 0.717) is 18.8 Å². The van der Waals surface area contributed by atoms with Gasteiger partial charge in [-0.2, -0.15) is 0 Å². The predicted molar refractivity (Wildman–Crippen MR) is 93.7 cm³/mol. The molecule has 1 aromatic heterocycles. The number of methoxy groups -OCH3 is 1. The highest BCUT2D eigenvalue weighted by Crippen LogP contribution is 2.23. The first-order chi connectivity index (χ1) is 11.7. The van der Waals surface area contributed by atoms with Gasteiger partial charge in [0.2, 0.25) is 0 Å². The number of ether oxygens (including phenoxy) is 2. The molecule has 0 spiro atoms. The summed E-state index contributed by atoms with van der Waals surface area (Å²) in [6, 6.07) is 17.2. The molecule has 2 aromatic carbocycles. The average Bonchev–Trinajstić information content (AvgIpc) is 2.95. The minimum Gasteiger partial charge on any atom is -0.497 e. The summed E-state index contributed by atoms with van der Waals surface area (Å²) in [6.45, 7) is 0.867. The van der Waals surface area contributed by atoms with Gasteiger partial charge in [0.15, 0.2) is 0 Å². The molecule has 3 rings (SSSR count). The molecule has 3 aromatic rings. The molecule has 0 saturated carbocycles. The van der Waals surface area contributed by atoms with E-state index in [0.717, 1.165) is 22.4 Å². The van der Waals surface area contributed by atoms with E-state index < -0.39 is 0 Å². The van der Waals surface area contributed by atoms with Gasteiger partial charge in [0.05, 0.1) is 13.7 Å². The molecule has 5 nitrogen and oxygen atoms in total. The Labute approximate surface area is 140 Å². The van der Waals surface area contributed by atoms with Crippen molar-refractivity contribution in [3.8, 4) is 11.5 Å². The Bertz CT molecular complexity index is 840. The van der Waals surface area contributed by atoms with Crippen LogP contribution < -0.4 is 14.8 Å². The molecule has 0 aliphatic rings. The summed E-state index contributed by atoms with van der Waals surface area (Å²) in [5.74, 6) is 1.45. The molecule has 0 aliphatic heterocycles. The van der Waals surface area contributed by atoms with Crippen LogP contribution in [0.25, 0.3) is 10.9 Å². The van der Waals surface area contributed by atoms with Crippen molar-refractivity contribution in [2.45, 2.75) is 0 Å². The van der Waals surface area contributed by atoms with Crippen molar-refractivity contribution in [1.29, 1.82) is 0 Å². The van der Waals surface area contributed by atoms with Gasteiger partial charge in [-0.05, 0) is 36.4 Å². The van der Waals surface area contributed by atoms with Gasteiger partial charge in [0.25, 0.3) is 5.91 Å². The summed E-state index contributed by atoms with van der Waals surface area (Å²) in [5.41, 5.74) is 1.60. The maximum atomic E-state index is 12.4. The summed E-state index contributed by atoms with van der Waals surface area (Å²) in [6.07, 6.45) is 0. The number of hydrogen-bond donors (Lipinski definition) is 1. The largest absolute Gasteiger partial charge is 0.497 e. The Hall–Kier alpha value is -2.95. The topological polar surface area (TPSA) is 52.5 Å². The molecule has 0 aliphatic carbocycles. The normalized spacial score (nSPS) is 10.6. The number of fused-ring (bicyclic) bond motifs is 1. The van der Waals surface area contributed by atoms with Crippen LogP contribution in [0.15, 0.2) is 54.6 Å². The van der Waals surface area contributed by atoms with E-state index in [1.807, 2.05) is 66.2 Å². The Morgan fingerprint density at radius 2 is 1.88 bits per heavy atom. The van der Waals surface area contributed by atoms with Crippen molar-refractivity contribution in [2.24, 2.45) is 7.05 Å². The van der Waals surface area contributed by atoms with E-state index in [-0.39, 0.29) is 5.91 Å². The predicted octanol–water partition coefficient (Wildman–Crippen LogP) is 3.00. The molecule has 124 valence electrons. The van der Waals surface area contributed by atoms with Gasteiger partial charge in [-0.25, -0.2) is 0 Å². The van der Waals surface area contributed by atoms with Crippen LogP contribution in [-0.4, -0.2) is 30.7 Å². The number of carbonyl (C=O) groups excluding carboxylic acids is 1. The zero-order valence-corrected chi connectivity index (χ0v) is 13.8. The number of nitrogens with zero attached hydrogens (tertiary/aromatic N) is 1. The minimum atomic E-state index is -0.121. The van der Waals surface area contributed by atoms with Crippen molar-refractivity contribution in [3.05, 3.63) is 60.3 Å². The molecular weight excluding hydrogens is 304 g/mol. The summed E-state index contributed by atoms with van der Waals surface area (Å²) >= 11 is 0. The van der Waals surface area contributed by atoms with Crippen molar-refractivity contribution < 1.29 is 14.3 Å². The molecule has 1 N–H and O–H groups in total. The maximum Gasteiger partial charge on any atom is 0.268 e. The Morgan fingerprint density at radius 3 is 2.62 bits per heavy atom. The van der Waals surface area contributed by atoms with Gasteiger partial charge in [-0.3, -0.25) is 4.79 Å². The second kappa shape index (κ2) is 7.08. The van der Waals surface area contributed by atoms with Crippen LogP contribution in [0.4, 0.5) is 0 Å². The number of para-hydroxylation sites is 1. The number of nitrogens with one attached hydrogen (secondary N) is 1. The van der Waals surface area contributed by atoms with Crippen LogP contribution in [0.5, 0.6) is 11.5 Å². The van der Waals surface area contributed by atoms with Crippen LogP contribution in [-0.2, 0) is 7.05 Å². The summed E-state index contributed by atoms with van der Waals surface area (Å²) in [5, 5.41) is 3.86. The number of hydrogen-bond acceptors (Lipinski definition) is 3. The van der Waals surface area contributed by atoms with Crippen molar-refractivity contribution in [3.63, 3.8) is 0 Å². The average molecular weight is 324 g/mol. The second-order valence-electron chi connectivity index (χ2n) is 5.43. The lowest BCUT2D eigenvalue weighted by Crippen LogP contribution is -2.29. The summed E-state index contributed by atoms with van der Waals surface area (Å²) in [4.78, 5) is 12.4. The van der Waals surface area contributed by atoms with E-state index in [9.17, 15) is 4.79 Å². The molecule has 0 fully saturated rings. The molecule has 0 atom stereocenters. The van der Waals surface area contributed by atoms with Gasteiger partial charge in [0, 0.05) is 18.0 Å². The third-order valence-electron chi connectivity index (χ3n) is 3.88. The van der Waals surface area contributed by atoms with Gasteiger partial charge >= 0.3 is 0 Å². The lowest BCUT2D eigenvalue weighted by atomic mass is 10.2. The van der Waals surface area contributed by atoms with Crippen molar-refractivity contribution >= 4 is 16.8 Å². The van der Waals surface area contributed by atoms with Crippen LogP contribution in [0.2, 0.25) is 0 Å². The minimum absolute atomic E-state index is 0.121. The van der Waals surface area contributed by atoms with E-state index in [2.05, 4.69) is 5.32 Å². The van der Waals surface area contributed by atoms with Crippen molar-refractivity contribution in [1.82, 2.24) is 9.88 Å². The highest BCUT2D eigenvalue weighted by Gasteiger charge is 2.13. The third kappa shape index (κ3) is 3.35. The third-order valence-corrected chi connectivity index (χ3v) is 3.88. The first kappa shape index (κ1) is 15.9. The number of rotatable bonds is 6. The summed E-state index contributed by atoms with van der Waals surface area (Å²) in [7, 11) is 3.51. The highest BCUT2D eigenvalue weighted by molar-refractivity contribution is 5.99. The fourth-order valence-electron chi connectivity index (χ4n) is 2.61. The number of carbonyl (C=O) groups is 1. The molecule has 0 unspecified atom stereocenters. The molecule has 1 amide bonds. The molecule has 1 heterocycles. The Morgan fingerprint density at radius 1 is 1.08 bits per heavy atom. The number of aryl methyl sites for hydroxylation is 1. The zero-order valence-electron chi connectivity index (χ0n) is 13.8. The van der Waals surface area contributed by atoms with E-state index in [1.54, 1.807) is 7.11 Å². The van der Waals surface area contributed by atoms with Gasteiger partial charge < -0.3 is 19.4 Å². The lowest BCUT2D eigenvalue weighted by Gasteiger charge is -2.08. The number of aromatic nitrogens is 1. The molecule has 0 saturated heterocycles. The SMILES string of the molecule is COc1ccc2c(c1)cc(C(=O)NCCOc1ccccc1)n2C.